The first-order chi connectivity index (χ1) is 8.74. The third-order valence-electron chi connectivity index (χ3n) is 3.06. The number of nitrogens with zero attached hydrogens (tertiary/aromatic N) is 1. The molecular formula is C15H19NO2. The first kappa shape index (κ1) is 12.7. The molecule has 3 nitrogen and oxygen atoms in total. The SMILES string of the molecule is C=C1/C=C\C(OC)=C/CN=C(C2CC2)C=C1OC. The number of hydrogen-bond donors (Lipinski definition) is 0. The number of aliphatic imine (C=N–C) groups is 1. The van der Waals surface area contributed by atoms with E-state index < -0.39 is 0 Å². The highest BCUT2D eigenvalue weighted by Crippen LogP contribution is 2.32. The van der Waals surface area contributed by atoms with Gasteiger partial charge in [0.15, 0.2) is 0 Å². The summed E-state index contributed by atoms with van der Waals surface area (Å²) < 4.78 is 10.6. The maximum absolute atomic E-state index is 5.38. The molecule has 18 heavy (non-hydrogen) atoms. The van der Waals surface area contributed by atoms with Gasteiger partial charge >= 0.3 is 0 Å². The summed E-state index contributed by atoms with van der Waals surface area (Å²) in [7, 11) is 3.32. The Morgan fingerprint density at radius 2 is 2.00 bits per heavy atom. The maximum Gasteiger partial charge on any atom is 0.127 e. The van der Waals surface area contributed by atoms with Gasteiger partial charge in [-0.2, -0.15) is 0 Å². The molecule has 0 aromatic heterocycles. The molecule has 0 bridgehead atoms. The quantitative estimate of drug-likeness (QED) is 0.765. The van der Waals surface area contributed by atoms with Gasteiger partial charge in [-0.1, -0.05) is 6.58 Å². The molecule has 2 aliphatic rings. The van der Waals surface area contributed by atoms with Gasteiger partial charge in [0.25, 0.3) is 0 Å². The van der Waals surface area contributed by atoms with Gasteiger partial charge in [-0.05, 0) is 31.1 Å². The zero-order valence-electron chi connectivity index (χ0n) is 11.0. The average molecular weight is 245 g/mol. The molecule has 1 fully saturated rings. The summed E-state index contributed by atoms with van der Waals surface area (Å²) in [6.45, 7) is 4.64. The first-order valence-corrected chi connectivity index (χ1v) is 6.16. The zero-order chi connectivity index (χ0) is 13.0. The number of methoxy groups -OCH3 is 2. The van der Waals surface area contributed by atoms with E-state index in [0.29, 0.717) is 12.5 Å². The predicted molar refractivity (Wildman–Crippen MR) is 73.5 cm³/mol. The Kier molecular flexibility index (Phi) is 4.03. The molecule has 0 aromatic carbocycles. The minimum Gasteiger partial charge on any atom is -0.497 e. The van der Waals surface area contributed by atoms with Crippen molar-refractivity contribution in [3.63, 3.8) is 0 Å². The van der Waals surface area contributed by atoms with Crippen LogP contribution in [0.4, 0.5) is 0 Å². The highest BCUT2D eigenvalue weighted by molar-refractivity contribution is 5.99. The van der Waals surface area contributed by atoms with E-state index in [1.54, 1.807) is 14.2 Å². The molecule has 2 rings (SSSR count). The summed E-state index contributed by atoms with van der Waals surface area (Å²) in [6.07, 6.45) is 10.2. The van der Waals surface area contributed by atoms with Gasteiger partial charge in [0.2, 0.25) is 0 Å². The lowest BCUT2D eigenvalue weighted by Gasteiger charge is -2.09. The van der Waals surface area contributed by atoms with E-state index in [1.807, 2.05) is 24.3 Å². The number of allylic oxidation sites excluding steroid dienone is 3. The average Bonchev–Trinajstić information content (AvgIpc) is 3.21. The number of ether oxygens (including phenoxy) is 2. The fourth-order valence-corrected chi connectivity index (χ4v) is 1.81. The highest BCUT2D eigenvalue weighted by atomic mass is 16.5. The lowest BCUT2D eigenvalue weighted by Crippen LogP contribution is -2.03. The molecule has 0 aromatic rings. The number of rotatable bonds is 3. The van der Waals surface area contributed by atoms with Crippen LogP contribution in [-0.2, 0) is 9.47 Å². The largest absolute Gasteiger partial charge is 0.497 e. The van der Waals surface area contributed by atoms with Crippen molar-refractivity contribution in [2.45, 2.75) is 12.8 Å². The predicted octanol–water partition coefficient (Wildman–Crippen LogP) is 3.02. The second-order valence-corrected chi connectivity index (χ2v) is 4.42. The second-order valence-electron chi connectivity index (χ2n) is 4.42. The van der Waals surface area contributed by atoms with E-state index in [4.69, 9.17) is 9.47 Å². The third kappa shape index (κ3) is 3.13. The second kappa shape index (κ2) is 5.71. The van der Waals surface area contributed by atoms with Crippen molar-refractivity contribution in [3.05, 3.63) is 48.0 Å². The van der Waals surface area contributed by atoms with E-state index in [0.717, 1.165) is 22.8 Å². The Bertz CT molecular complexity index is 451. The molecule has 0 spiro atoms. The summed E-state index contributed by atoms with van der Waals surface area (Å²) in [5.41, 5.74) is 1.94. The molecule has 0 atom stereocenters. The van der Waals surface area contributed by atoms with Gasteiger partial charge in [0.05, 0.1) is 20.8 Å². The van der Waals surface area contributed by atoms with E-state index in [1.165, 1.54) is 12.8 Å². The molecule has 0 unspecified atom stereocenters. The summed E-state index contributed by atoms with van der Waals surface area (Å²) in [4.78, 5) is 4.61. The topological polar surface area (TPSA) is 30.8 Å². The van der Waals surface area contributed by atoms with Gasteiger partial charge in [-0.25, -0.2) is 0 Å². The smallest absolute Gasteiger partial charge is 0.127 e. The molecule has 96 valence electrons. The summed E-state index contributed by atoms with van der Waals surface area (Å²) in [5.74, 6) is 2.16. The molecular weight excluding hydrogens is 226 g/mol. The van der Waals surface area contributed by atoms with Gasteiger partial charge in [-0.15, -0.1) is 0 Å². The molecule has 1 heterocycles. The molecule has 0 amide bonds. The van der Waals surface area contributed by atoms with Crippen molar-refractivity contribution in [1.82, 2.24) is 0 Å². The minimum atomic E-state index is 0.589. The van der Waals surface area contributed by atoms with Gasteiger partial charge in [0.1, 0.15) is 11.5 Å². The van der Waals surface area contributed by atoms with Crippen LogP contribution in [0.15, 0.2) is 53.0 Å². The monoisotopic (exact) mass is 245 g/mol. The zero-order valence-corrected chi connectivity index (χ0v) is 11.0. The number of hydrogen-bond acceptors (Lipinski definition) is 3. The lowest BCUT2D eigenvalue weighted by molar-refractivity contribution is 0.301. The molecule has 1 saturated carbocycles. The van der Waals surface area contributed by atoms with Crippen molar-refractivity contribution in [2.75, 3.05) is 20.8 Å². The van der Waals surface area contributed by atoms with E-state index in [-0.39, 0.29) is 0 Å². The van der Waals surface area contributed by atoms with Crippen LogP contribution < -0.4 is 0 Å². The van der Waals surface area contributed by atoms with E-state index in [2.05, 4.69) is 11.6 Å². The van der Waals surface area contributed by atoms with E-state index >= 15 is 0 Å². The van der Waals surface area contributed by atoms with Crippen LogP contribution >= 0.6 is 0 Å². The molecule has 3 heteroatoms. The molecule has 1 aliphatic carbocycles. The summed E-state index contributed by atoms with van der Waals surface area (Å²) >= 11 is 0. The van der Waals surface area contributed by atoms with E-state index in [9.17, 15) is 0 Å². The molecule has 0 saturated heterocycles. The van der Waals surface area contributed by atoms with Gasteiger partial charge in [0, 0.05) is 23.3 Å². The van der Waals surface area contributed by atoms with Crippen LogP contribution in [0.5, 0.6) is 0 Å². The molecule has 1 aliphatic heterocycles. The van der Waals surface area contributed by atoms with Crippen LogP contribution in [0.1, 0.15) is 12.8 Å². The Hall–Kier alpha value is -1.77. The maximum atomic E-state index is 5.38. The van der Waals surface area contributed by atoms with Crippen molar-refractivity contribution < 1.29 is 9.47 Å². The van der Waals surface area contributed by atoms with Crippen molar-refractivity contribution in [1.29, 1.82) is 0 Å². The molecule has 0 radical (unpaired) electrons. The van der Waals surface area contributed by atoms with Crippen molar-refractivity contribution in [2.24, 2.45) is 10.9 Å². The van der Waals surface area contributed by atoms with Crippen LogP contribution in [0.25, 0.3) is 0 Å². The van der Waals surface area contributed by atoms with Gasteiger partial charge in [-0.3, -0.25) is 4.99 Å². The van der Waals surface area contributed by atoms with Crippen LogP contribution in [0, 0.1) is 5.92 Å². The van der Waals surface area contributed by atoms with Crippen LogP contribution in [0.2, 0.25) is 0 Å². The third-order valence-corrected chi connectivity index (χ3v) is 3.06. The Morgan fingerprint density at radius 1 is 1.22 bits per heavy atom. The van der Waals surface area contributed by atoms with Crippen LogP contribution in [-0.4, -0.2) is 26.5 Å². The van der Waals surface area contributed by atoms with Crippen molar-refractivity contribution in [3.8, 4) is 0 Å². The fourth-order valence-electron chi connectivity index (χ4n) is 1.81. The minimum absolute atomic E-state index is 0.589. The molecule has 0 N–H and O–H groups in total. The highest BCUT2D eigenvalue weighted by Gasteiger charge is 2.26. The Labute approximate surface area is 108 Å². The summed E-state index contributed by atoms with van der Waals surface area (Å²) in [6, 6.07) is 0. The Morgan fingerprint density at radius 3 is 2.61 bits per heavy atom. The fraction of sp³-hybridized carbons (Fsp3) is 0.400. The first-order valence-electron chi connectivity index (χ1n) is 6.16. The normalized spacial score (nSPS) is 25.4. The van der Waals surface area contributed by atoms with Crippen molar-refractivity contribution >= 4 is 5.71 Å². The lowest BCUT2D eigenvalue weighted by atomic mass is 10.1. The Balaban J connectivity index is 2.31. The standard InChI is InChI=1S/C15H19NO2/c1-11-4-7-13(17-2)8-9-16-14(12-5-6-12)10-15(11)18-3/h4,7-8,10,12H,1,5-6,9H2,2-3H3/b7-4-,13-8+,15-10?,16-14?. The van der Waals surface area contributed by atoms with Crippen LogP contribution in [0.3, 0.4) is 0 Å². The van der Waals surface area contributed by atoms with Gasteiger partial charge < -0.3 is 9.47 Å². The summed E-state index contributed by atoms with van der Waals surface area (Å²) in [5, 5.41) is 0.